The van der Waals surface area contributed by atoms with Crippen LogP contribution in [-0.2, 0) is 4.79 Å². The average Bonchev–Trinajstić information content (AvgIpc) is 2.73. The van der Waals surface area contributed by atoms with Crippen molar-refractivity contribution in [2.24, 2.45) is 23.7 Å². The Bertz CT molecular complexity index is 959. The Kier molecular flexibility index (Phi) is 11.8. The van der Waals surface area contributed by atoms with Crippen molar-refractivity contribution in [3.8, 4) is 5.75 Å². The van der Waals surface area contributed by atoms with E-state index in [9.17, 15) is 9.59 Å². The van der Waals surface area contributed by atoms with Crippen molar-refractivity contribution < 1.29 is 24.5 Å². The van der Waals surface area contributed by atoms with Crippen molar-refractivity contribution in [3.63, 3.8) is 0 Å². The van der Waals surface area contributed by atoms with Crippen molar-refractivity contribution in [1.29, 1.82) is 0 Å². The molecule has 0 saturated carbocycles. The molecule has 0 aromatic heterocycles. The second-order valence-corrected chi connectivity index (χ2v) is 10.4. The molecule has 35 heavy (non-hydrogen) atoms. The third-order valence-corrected chi connectivity index (χ3v) is 6.57. The molecular weight excluding hydrogens is 440 g/mol. The van der Waals surface area contributed by atoms with Crippen LogP contribution in [0.5, 0.6) is 5.75 Å². The molecule has 0 aliphatic rings. The van der Waals surface area contributed by atoms with Crippen LogP contribution in [0.1, 0.15) is 71.4 Å². The van der Waals surface area contributed by atoms with Crippen molar-refractivity contribution in [3.05, 3.63) is 63.2 Å². The van der Waals surface area contributed by atoms with E-state index < -0.39 is 11.8 Å². The summed E-state index contributed by atoms with van der Waals surface area (Å²) in [6.07, 6.45) is 0. The molecule has 0 aliphatic heterocycles. The van der Waals surface area contributed by atoms with Crippen LogP contribution in [0, 0.1) is 65.2 Å². The molecule has 0 aliphatic carbocycles. The Morgan fingerprint density at radius 2 is 1.03 bits per heavy atom. The molecule has 0 radical (unpaired) electrons. The second kappa shape index (κ2) is 13.6. The fourth-order valence-electron chi connectivity index (χ4n) is 4.79. The van der Waals surface area contributed by atoms with Gasteiger partial charge >= 0.3 is 5.97 Å². The molecule has 2 rings (SSSR count). The van der Waals surface area contributed by atoms with Gasteiger partial charge in [0.2, 0.25) is 0 Å². The standard InChI is InChI=1S/C20H22O3.C10H22O2/c1-11-7-13(3)17(14(4)8-11)18(21)20(22)23-19-15(5)9-12(2)10-16(19)6;1-7(2)9(5-11)10(6-12)8(3)4/h7-10H,1-6H3;7-12H,5-6H2,1-4H3. The monoisotopic (exact) mass is 484 g/mol. The van der Waals surface area contributed by atoms with Crippen molar-refractivity contribution in [2.75, 3.05) is 13.2 Å². The largest absolute Gasteiger partial charge is 0.420 e. The molecular formula is C30H44O5. The summed E-state index contributed by atoms with van der Waals surface area (Å²) in [4.78, 5) is 24.8. The first kappa shape index (κ1) is 30.5. The lowest BCUT2D eigenvalue weighted by molar-refractivity contribution is -0.129. The van der Waals surface area contributed by atoms with E-state index in [1.165, 1.54) is 0 Å². The van der Waals surface area contributed by atoms with Crippen molar-refractivity contribution in [2.45, 2.75) is 69.2 Å². The maximum absolute atomic E-state index is 12.5. The molecule has 2 unspecified atom stereocenters. The summed E-state index contributed by atoms with van der Waals surface area (Å²) < 4.78 is 5.40. The van der Waals surface area contributed by atoms with E-state index in [-0.39, 0.29) is 25.0 Å². The summed E-state index contributed by atoms with van der Waals surface area (Å²) in [7, 11) is 0. The Labute approximate surface area is 211 Å². The number of benzene rings is 2. The molecule has 0 spiro atoms. The number of Topliss-reactive ketones (excluding diaryl/α,β-unsaturated/α-hetero) is 1. The van der Waals surface area contributed by atoms with Gasteiger partial charge < -0.3 is 14.9 Å². The molecule has 0 bridgehead atoms. The first-order valence-corrected chi connectivity index (χ1v) is 12.4. The lowest BCUT2D eigenvalue weighted by atomic mass is 9.78. The molecule has 2 aromatic rings. The lowest BCUT2D eigenvalue weighted by Gasteiger charge is -2.30. The normalized spacial score (nSPS) is 12.7. The molecule has 0 saturated heterocycles. The van der Waals surface area contributed by atoms with E-state index in [2.05, 4.69) is 27.7 Å². The molecule has 0 fully saturated rings. The molecule has 2 aromatic carbocycles. The zero-order valence-electron chi connectivity index (χ0n) is 23.2. The highest BCUT2D eigenvalue weighted by Crippen LogP contribution is 2.27. The summed E-state index contributed by atoms with van der Waals surface area (Å²) in [5.74, 6) is 0.375. The Morgan fingerprint density at radius 3 is 1.34 bits per heavy atom. The van der Waals surface area contributed by atoms with Crippen molar-refractivity contribution in [1.82, 2.24) is 0 Å². The quantitative estimate of drug-likeness (QED) is 0.213. The number of rotatable bonds is 8. The zero-order chi connectivity index (χ0) is 27.0. The SMILES string of the molecule is CC(C)C(CO)C(CO)C(C)C.Cc1cc(C)c(OC(=O)C(=O)c2c(C)cc(C)cc2C)c(C)c1. The van der Waals surface area contributed by atoms with Gasteiger partial charge in [-0.05, 0) is 87.5 Å². The maximum atomic E-state index is 12.5. The minimum atomic E-state index is -0.838. The molecule has 0 heterocycles. The van der Waals surface area contributed by atoms with Gasteiger partial charge in [-0.1, -0.05) is 63.1 Å². The molecule has 2 N–H and O–H groups in total. The molecule has 0 amide bonds. The highest BCUT2D eigenvalue weighted by Gasteiger charge is 2.26. The van der Waals surface area contributed by atoms with Crippen LogP contribution >= 0.6 is 0 Å². The highest BCUT2D eigenvalue weighted by molar-refractivity contribution is 6.41. The molecule has 194 valence electrons. The summed E-state index contributed by atoms with van der Waals surface area (Å²) >= 11 is 0. The first-order valence-electron chi connectivity index (χ1n) is 12.4. The van der Waals surface area contributed by atoms with Gasteiger partial charge in [-0.15, -0.1) is 0 Å². The minimum absolute atomic E-state index is 0.182. The Morgan fingerprint density at radius 1 is 0.686 bits per heavy atom. The molecule has 5 nitrogen and oxygen atoms in total. The van der Waals surface area contributed by atoms with Gasteiger partial charge in [0.1, 0.15) is 5.75 Å². The van der Waals surface area contributed by atoms with E-state index >= 15 is 0 Å². The van der Waals surface area contributed by atoms with Crippen LogP contribution in [0.15, 0.2) is 24.3 Å². The summed E-state index contributed by atoms with van der Waals surface area (Å²) in [6.45, 7) is 20.1. The predicted octanol–water partition coefficient (Wildman–Crippen LogP) is 5.84. The second-order valence-electron chi connectivity index (χ2n) is 10.4. The number of hydrogen-bond donors (Lipinski definition) is 2. The molecule has 5 heteroatoms. The molecule has 2 atom stereocenters. The van der Waals surface area contributed by atoms with Gasteiger partial charge in [0, 0.05) is 18.8 Å². The zero-order valence-corrected chi connectivity index (χ0v) is 23.2. The van der Waals surface area contributed by atoms with Crippen LogP contribution in [-0.4, -0.2) is 35.2 Å². The fraction of sp³-hybridized carbons (Fsp3) is 0.533. The van der Waals surface area contributed by atoms with Gasteiger partial charge in [-0.25, -0.2) is 4.79 Å². The van der Waals surface area contributed by atoms with Gasteiger partial charge in [0.15, 0.2) is 0 Å². The number of ketones is 1. The number of esters is 1. The number of aliphatic hydroxyl groups is 2. The van der Waals surface area contributed by atoms with Crippen LogP contribution < -0.4 is 4.74 Å². The van der Waals surface area contributed by atoms with Gasteiger partial charge in [-0.2, -0.15) is 0 Å². The summed E-state index contributed by atoms with van der Waals surface area (Å²) in [6, 6.07) is 7.66. The first-order chi connectivity index (χ1) is 16.2. The smallest absolute Gasteiger partial charge is 0.385 e. The fourth-order valence-corrected chi connectivity index (χ4v) is 4.79. The van der Waals surface area contributed by atoms with E-state index in [0.29, 0.717) is 23.1 Å². The number of aryl methyl sites for hydroxylation is 6. The summed E-state index contributed by atoms with van der Waals surface area (Å²) in [5.41, 5.74) is 5.88. The van der Waals surface area contributed by atoms with Gasteiger partial charge in [-0.3, -0.25) is 4.79 Å². The van der Waals surface area contributed by atoms with E-state index in [0.717, 1.165) is 33.4 Å². The van der Waals surface area contributed by atoms with Gasteiger partial charge in [0.05, 0.1) is 0 Å². The van der Waals surface area contributed by atoms with Gasteiger partial charge in [0.25, 0.3) is 5.78 Å². The number of carbonyl (C=O) groups is 2. The Hall–Kier alpha value is -2.50. The maximum Gasteiger partial charge on any atom is 0.385 e. The minimum Gasteiger partial charge on any atom is -0.420 e. The average molecular weight is 485 g/mol. The third kappa shape index (κ3) is 8.29. The lowest BCUT2D eigenvalue weighted by Crippen LogP contribution is -2.30. The van der Waals surface area contributed by atoms with E-state index in [1.807, 2.05) is 65.8 Å². The third-order valence-electron chi connectivity index (χ3n) is 6.57. The van der Waals surface area contributed by atoms with E-state index in [4.69, 9.17) is 14.9 Å². The topological polar surface area (TPSA) is 83.8 Å². The predicted molar refractivity (Wildman–Crippen MR) is 142 cm³/mol. The number of aliphatic hydroxyl groups excluding tert-OH is 2. The number of ether oxygens (including phenoxy) is 1. The highest BCUT2D eigenvalue weighted by atomic mass is 16.5. The van der Waals surface area contributed by atoms with E-state index in [1.54, 1.807) is 0 Å². The van der Waals surface area contributed by atoms with Crippen LogP contribution in [0.2, 0.25) is 0 Å². The van der Waals surface area contributed by atoms with Crippen molar-refractivity contribution >= 4 is 11.8 Å². The summed E-state index contributed by atoms with van der Waals surface area (Å²) in [5, 5.41) is 18.3. The Balaban J connectivity index is 0.000000434. The van der Waals surface area contributed by atoms with Crippen LogP contribution in [0.4, 0.5) is 0 Å². The number of hydrogen-bond acceptors (Lipinski definition) is 5. The van der Waals surface area contributed by atoms with Crippen LogP contribution in [0.3, 0.4) is 0 Å². The number of carbonyl (C=O) groups excluding carboxylic acids is 2. The van der Waals surface area contributed by atoms with Crippen LogP contribution in [0.25, 0.3) is 0 Å².